The van der Waals surface area contributed by atoms with Crippen molar-refractivity contribution in [2.24, 2.45) is 0 Å². The zero-order valence-electron chi connectivity index (χ0n) is 13.5. The van der Waals surface area contributed by atoms with Crippen molar-refractivity contribution in [2.75, 3.05) is 14.2 Å². The van der Waals surface area contributed by atoms with Gasteiger partial charge in [0.05, 0.1) is 18.2 Å². The van der Waals surface area contributed by atoms with E-state index in [-0.39, 0.29) is 11.8 Å². The number of carbonyl (C=O) groups is 2. The number of nitrogens with zero attached hydrogens (tertiary/aromatic N) is 1. The van der Waals surface area contributed by atoms with Crippen molar-refractivity contribution in [3.8, 4) is 11.5 Å². The molecule has 124 valence electrons. The number of benzene rings is 1. The quantitative estimate of drug-likeness (QED) is 0.662. The second-order valence-electron chi connectivity index (χ2n) is 5.22. The number of carbonyl (C=O) groups excluding carboxylic acids is 2. The normalized spacial score (nSPS) is 17.4. The maximum atomic E-state index is 11.9. The first-order chi connectivity index (χ1) is 10.9. The SMILES string of the molecule is CC[C@@H](C)Oc1c(Cl)cc(/C=C2/NC(=O)N(C)C2=O)cc1OC. The number of hydrogen-bond acceptors (Lipinski definition) is 4. The monoisotopic (exact) mass is 338 g/mol. The Hall–Kier alpha value is -2.21. The van der Waals surface area contributed by atoms with Crippen LogP contribution in [0.2, 0.25) is 5.02 Å². The summed E-state index contributed by atoms with van der Waals surface area (Å²) in [5.74, 6) is 0.532. The van der Waals surface area contributed by atoms with Crippen LogP contribution in [0, 0.1) is 0 Å². The highest BCUT2D eigenvalue weighted by atomic mass is 35.5. The smallest absolute Gasteiger partial charge is 0.328 e. The highest BCUT2D eigenvalue weighted by Crippen LogP contribution is 2.38. The van der Waals surface area contributed by atoms with E-state index in [9.17, 15) is 9.59 Å². The van der Waals surface area contributed by atoms with Crippen LogP contribution in [0.25, 0.3) is 6.08 Å². The van der Waals surface area contributed by atoms with Crippen molar-refractivity contribution in [1.29, 1.82) is 0 Å². The molecule has 1 atom stereocenters. The molecule has 7 heteroatoms. The first-order valence-electron chi connectivity index (χ1n) is 7.22. The van der Waals surface area contributed by atoms with Gasteiger partial charge in [-0.3, -0.25) is 9.69 Å². The van der Waals surface area contributed by atoms with E-state index in [2.05, 4.69) is 5.32 Å². The summed E-state index contributed by atoms with van der Waals surface area (Å²) in [6.45, 7) is 3.95. The average molecular weight is 339 g/mol. The van der Waals surface area contributed by atoms with Crippen molar-refractivity contribution in [2.45, 2.75) is 26.4 Å². The van der Waals surface area contributed by atoms with Crippen LogP contribution >= 0.6 is 11.6 Å². The lowest BCUT2D eigenvalue weighted by atomic mass is 10.1. The molecule has 0 bridgehead atoms. The van der Waals surface area contributed by atoms with E-state index in [1.165, 1.54) is 14.2 Å². The van der Waals surface area contributed by atoms with Crippen LogP contribution in [0.5, 0.6) is 11.5 Å². The Balaban J connectivity index is 2.37. The summed E-state index contributed by atoms with van der Waals surface area (Å²) in [5, 5.41) is 2.87. The van der Waals surface area contributed by atoms with Gasteiger partial charge in [0.15, 0.2) is 11.5 Å². The van der Waals surface area contributed by atoms with Crippen LogP contribution in [0.4, 0.5) is 4.79 Å². The van der Waals surface area contributed by atoms with Crippen molar-refractivity contribution < 1.29 is 19.1 Å². The van der Waals surface area contributed by atoms with Crippen LogP contribution in [0.3, 0.4) is 0 Å². The molecule has 0 unspecified atom stereocenters. The number of ether oxygens (including phenoxy) is 2. The van der Waals surface area contributed by atoms with Crippen molar-refractivity contribution in [3.05, 3.63) is 28.4 Å². The molecule has 0 spiro atoms. The molecule has 1 aromatic rings. The molecule has 1 aliphatic rings. The zero-order valence-corrected chi connectivity index (χ0v) is 14.2. The lowest BCUT2D eigenvalue weighted by Gasteiger charge is -2.17. The lowest BCUT2D eigenvalue weighted by Crippen LogP contribution is -2.25. The van der Waals surface area contributed by atoms with Gasteiger partial charge in [-0.1, -0.05) is 18.5 Å². The molecule has 6 nitrogen and oxygen atoms in total. The van der Waals surface area contributed by atoms with E-state index in [0.29, 0.717) is 22.1 Å². The molecule has 2 rings (SSSR count). The van der Waals surface area contributed by atoms with Gasteiger partial charge in [-0.2, -0.15) is 0 Å². The molecule has 1 saturated heterocycles. The molecule has 23 heavy (non-hydrogen) atoms. The molecule has 1 fully saturated rings. The van der Waals surface area contributed by atoms with Crippen molar-refractivity contribution in [1.82, 2.24) is 10.2 Å². The topological polar surface area (TPSA) is 67.9 Å². The van der Waals surface area contributed by atoms with E-state index in [0.717, 1.165) is 11.3 Å². The van der Waals surface area contributed by atoms with Gasteiger partial charge in [0, 0.05) is 7.05 Å². The number of hydrogen-bond donors (Lipinski definition) is 1. The van der Waals surface area contributed by atoms with Crippen LogP contribution < -0.4 is 14.8 Å². The van der Waals surface area contributed by atoms with E-state index in [4.69, 9.17) is 21.1 Å². The molecule has 1 heterocycles. The fourth-order valence-corrected chi connectivity index (χ4v) is 2.28. The third-order valence-corrected chi connectivity index (χ3v) is 3.82. The van der Waals surface area contributed by atoms with Gasteiger partial charge in [0.25, 0.3) is 5.91 Å². The molecule has 1 aromatic carbocycles. The first-order valence-corrected chi connectivity index (χ1v) is 7.60. The number of rotatable bonds is 5. The van der Waals surface area contributed by atoms with E-state index < -0.39 is 11.9 Å². The van der Waals surface area contributed by atoms with Gasteiger partial charge in [-0.25, -0.2) is 4.79 Å². The van der Waals surface area contributed by atoms with Gasteiger partial charge in [0.1, 0.15) is 5.70 Å². The number of halogens is 1. The average Bonchev–Trinajstić information content (AvgIpc) is 2.76. The number of methoxy groups -OCH3 is 1. The Morgan fingerprint density at radius 3 is 2.61 bits per heavy atom. The molecule has 0 aliphatic carbocycles. The number of nitrogens with one attached hydrogen (secondary N) is 1. The largest absolute Gasteiger partial charge is 0.493 e. The van der Waals surface area contributed by atoms with Gasteiger partial charge in [0.2, 0.25) is 0 Å². The molecular weight excluding hydrogens is 320 g/mol. The highest BCUT2D eigenvalue weighted by Gasteiger charge is 2.30. The highest BCUT2D eigenvalue weighted by molar-refractivity contribution is 6.32. The predicted molar refractivity (Wildman–Crippen MR) is 87.7 cm³/mol. The minimum atomic E-state index is -0.462. The third kappa shape index (κ3) is 3.59. The van der Waals surface area contributed by atoms with Crippen LogP contribution in [0.15, 0.2) is 17.8 Å². The van der Waals surface area contributed by atoms with Gasteiger partial charge < -0.3 is 14.8 Å². The Bertz CT molecular complexity index is 672. The molecule has 3 amide bonds. The molecule has 0 aromatic heterocycles. The fourth-order valence-electron chi connectivity index (χ4n) is 2.01. The second-order valence-corrected chi connectivity index (χ2v) is 5.63. The Morgan fingerprint density at radius 2 is 2.09 bits per heavy atom. The number of urea groups is 1. The summed E-state index contributed by atoms with van der Waals surface area (Å²) < 4.78 is 11.1. The Morgan fingerprint density at radius 1 is 1.39 bits per heavy atom. The lowest BCUT2D eigenvalue weighted by molar-refractivity contribution is -0.121. The molecule has 0 saturated carbocycles. The summed E-state index contributed by atoms with van der Waals surface area (Å²) in [7, 11) is 2.93. The van der Waals surface area contributed by atoms with Gasteiger partial charge in [-0.05, 0) is 37.1 Å². The minimum absolute atomic E-state index is 0.00467. The predicted octanol–water partition coefficient (Wildman–Crippen LogP) is 3.05. The summed E-state index contributed by atoms with van der Waals surface area (Å²) >= 11 is 6.28. The standard InChI is InChI=1S/C16H19ClN2O4/c1-5-9(2)23-14-11(17)6-10(8-13(14)22-4)7-12-15(20)19(3)16(21)18-12/h6-9H,5H2,1-4H3,(H,18,21)/b12-7+/t9-/m1/s1. The fraction of sp³-hybridized carbons (Fsp3) is 0.375. The molecule has 1 aliphatic heterocycles. The Labute approximate surface area is 140 Å². The minimum Gasteiger partial charge on any atom is -0.493 e. The van der Waals surface area contributed by atoms with Crippen LogP contribution in [0.1, 0.15) is 25.8 Å². The second kappa shape index (κ2) is 6.91. The summed E-state index contributed by atoms with van der Waals surface area (Å²) in [6.07, 6.45) is 2.37. The van der Waals surface area contributed by atoms with Crippen LogP contribution in [-0.4, -0.2) is 37.1 Å². The van der Waals surface area contributed by atoms with Crippen LogP contribution in [-0.2, 0) is 4.79 Å². The maximum absolute atomic E-state index is 11.9. The molecular formula is C16H19ClN2O4. The number of amides is 3. The number of likely N-dealkylation sites (N-methyl/N-ethyl adjacent to an activating group) is 1. The third-order valence-electron chi connectivity index (χ3n) is 3.54. The van der Waals surface area contributed by atoms with E-state index >= 15 is 0 Å². The molecule has 0 radical (unpaired) electrons. The maximum Gasteiger partial charge on any atom is 0.328 e. The van der Waals surface area contributed by atoms with E-state index in [1.807, 2.05) is 13.8 Å². The van der Waals surface area contributed by atoms with E-state index in [1.54, 1.807) is 18.2 Å². The van der Waals surface area contributed by atoms with Gasteiger partial charge >= 0.3 is 6.03 Å². The number of imide groups is 1. The summed E-state index contributed by atoms with van der Waals surface area (Å²) in [5.41, 5.74) is 0.813. The van der Waals surface area contributed by atoms with Gasteiger partial charge in [-0.15, -0.1) is 0 Å². The first kappa shape index (κ1) is 17.1. The zero-order chi connectivity index (χ0) is 17.1. The summed E-state index contributed by atoms with van der Waals surface area (Å²) in [6, 6.07) is 2.90. The van der Waals surface area contributed by atoms with Crippen molar-refractivity contribution >= 4 is 29.6 Å². The van der Waals surface area contributed by atoms with Crippen molar-refractivity contribution in [3.63, 3.8) is 0 Å². The Kier molecular flexibility index (Phi) is 5.15. The summed E-state index contributed by atoms with van der Waals surface area (Å²) in [4.78, 5) is 24.4. The molecule has 1 N–H and O–H groups in total.